The van der Waals surface area contributed by atoms with Crippen molar-refractivity contribution in [2.45, 2.75) is 45.4 Å². The van der Waals surface area contributed by atoms with Gasteiger partial charge in [-0.2, -0.15) is 0 Å². The van der Waals surface area contributed by atoms with Crippen LogP contribution in [0.1, 0.15) is 55.8 Å². The van der Waals surface area contributed by atoms with Crippen LogP contribution in [0.5, 0.6) is 5.75 Å². The summed E-state index contributed by atoms with van der Waals surface area (Å²) < 4.78 is 5.30. The molecule has 0 aliphatic heterocycles. The van der Waals surface area contributed by atoms with Gasteiger partial charge in [0.25, 0.3) is 0 Å². The summed E-state index contributed by atoms with van der Waals surface area (Å²) in [6.45, 7) is 2.83. The molecule has 2 aromatic carbocycles. The minimum atomic E-state index is 0.124. The molecule has 33 heavy (non-hydrogen) atoms. The molecule has 0 bridgehead atoms. The molecule has 0 spiro atoms. The van der Waals surface area contributed by atoms with Gasteiger partial charge in [0.1, 0.15) is 5.75 Å². The third-order valence-corrected chi connectivity index (χ3v) is 5.86. The fourth-order valence-corrected chi connectivity index (χ4v) is 3.93. The number of pyridine rings is 1. The van der Waals surface area contributed by atoms with Gasteiger partial charge in [-0.1, -0.05) is 55.0 Å². The molecule has 1 amide bonds. The van der Waals surface area contributed by atoms with E-state index in [0.29, 0.717) is 13.0 Å². The molecule has 1 heterocycles. The minimum absolute atomic E-state index is 0.124. The van der Waals surface area contributed by atoms with Crippen molar-refractivity contribution in [2.24, 2.45) is 0 Å². The van der Waals surface area contributed by atoms with Gasteiger partial charge in [-0.05, 0) is 72.7 Å². The Morgan fingerprint density at radius 2 is 1.58 bits per heavy atom. The molecular formula is C29H34N2O2. The van der Waals surface area contributed by atoms with Crippen molar-refractivity contribution in [3.05, 3.63) is 95.8 Å². The summed E-state index contributed by atoms with van der Waals surface area (Å²) in [5.41, 5.74) is 6.13. The zero-order valence-corrected chi connectivity index (χ0v) is 19.7. The molecule has 3 aromatic rings. The minimum Gasteiger partial charge on any atom is -0.497 e. The first-order chi connectivity index (χ1) is 16.2. The average Bonchev–Trinajstić information content (AvgIpc) is 2.87. The van der Waals surface area contributed by atoms with Crippen LogP contribution < -0.4 is 10.1 Å². The van der Waals surface area contributed by atoms with Crippen LogP contribution in [-0.2, 0) is 11.2 Å². The van der Waals surface area contributed by atoms with Crippen LogP contribution in [0, 0.1) is 0 Å². The van der Waals surface area contributed by atoms with Crippen molar-refractivity contribution in [1.29, 1.82) is 0 Å². The second kappa shape index (κ2) is 13.2. The Kier molecular flexibility index (Phi) is 9.71. The number of carbonyl (C=O) groups excluding carboxylic acids is 1. The number of ether oxygens (including phenoxy) is 1. The van der Waals surface area contributed by atoms with Crippen LogP contribution in [-0.4, -0.2) is 24.5 Å². The van der Waals surface area contributed by atoms with Gasteiger partial charge >= 0.3 is 0 Å². The number of carbonyl (C=O) groups is 1. The van der Waals surface area contributed by atoms with Crippen molar-refractivity contribution in [1.82, 2.24) is 10.3 Å². The lowest BCUT2D eigenvalue weighted by Crippen LogP contribution is -2.25. The van der Waals surface area contributed by atoms with E-state index in [1.807, 2.05) is 30.3 Å². The standard InChI is InChI=1S/C29H34N2O2/c1-23(24-16-18-27(33-2)19-17-24)28(25-11-5-3-6-12-25)14-7-4-8-15-29(32)31-22-20-26-13-9-10-21-30-26/h3,5-6,9-13,16-19,21H,4,7-8,14-15,20,22H2,1-2H3,(H,31,32)/b28-23+. The number of hydrogen-bond donors (Lipinski definition) is 1. The summed E-state index contributed by atoms with van der Waals surface area (Å²) in [6, 6.07) is 24.7. The number of nitrogens with one attached hydrogen (secondary N) is 1. The summed E-state index contributed by atoms with van der Waals surface area (Å²) in [4.78, 5) is 16.4. The van der Waals surface area contributed by atoms with Gasteiger partial charge in [-0.25, -0.2) is 0 Å². The van der Waals surface area contributed by atoms with E-state index in [2.05, 4.69) is 59.7 Å². The molecule has 0 saturated heterocycles. The maximum absolute atomic E-state index is 12.1. The Morgan fingerprint density at radius 3 is 2.27 bits per heavy atom. The van der Waals surface area contributed by atoms with Gasteiger partial charge in [-0.3, -0.25) is 9.78 Å². The van der Waals surface area contributed by atoms with E-state index in [0.717, 1.165) is 43.5 Å². The summed E-state index contributed by atoms with van der Waals surface area (Å²) in [7, 11) is 1.69. The van der Waals surface area contributed by atoms with E-state index in [-0.39, 0.29) is 5.91 Å². The maximum atomic E-state index is 12.1. The van der Waals surface area contributed by atoms with Crippen molar-refractivity contribution in [2.75, 3.05) is 13.7 Å². The highest BCUT2D eigenvalue weighted by Crippen LogP contribution is 2.31. The molecule has 0 saturated carbocycles. The van der Waals surface area contributed by atoms with E-state index in [1.165, 1.54) is 22.3 Å². The predicted octanol–water partition coefficient (Wildman–Crippen LogP) is 6.33. The van der Waals surface area contributed by atoms with Gasteiger partial charge in [-0.15, -0.1) is 0 Å². The second-order valence-corrected chi connectivity index (χ2v) is 8.18. The van der Waals surface area contributed by atoms with Crippen molar-refractivity contribution < 1.29 is 9.53 Å². The SMILES string of the molecule is COc1ccc(/C(C)=C(\CCCCCC(=O)NCCc2ccccn2)c2ccccc2)cc1. The molecule has 4 nitrogen and oxygen atoms in total. The van der Waals surface area contributed by atoms with Crippen LogP contribution in [0.15, 0.2) is 79.0 Å². The molecule has 3 rings (SSSR count). The largest absolute Gasteiger partial charge is 0.497 e. The Balaban J connectivity index is 1.49. The van der Waals surface area contributed by atoms with Gasteiger partial charge in [0.15, 0.2) is 0 Å². The predicted molar refractivity (Wildman–Crippen MR) is 136 cm³/mol. The number of methoxy groups -OCH3 is 1. The highest BCUT2D eigenvalue weighted by atomic mass is 16.5. The van der Waals surface area contributed by atoms with E-state index >= 15 is 0 Å². The van der Waals surface area contributed by atoms with Crippen LogP contribution in [0.4, 0.5) is 0 Å². The maximum Gasteiger partial charge on any atom is 0.220 e. The smallest absolute Gasteiger partial charge is 0.220 e. The van der Waals surface area contributed by atoms with Gasteiger partial charge in [0.05, 0.1) is 7.11 Å². The zero-order chi connectivity index (χ0) is 23.3. The lowest BCUT2D eigenvalue weighted by atomic mass is 9.91. The van der Waals surface area contributed by atoms with E-state index in [1.54, 1.807) is 13.3 Å². The van der Waals surface area contributed by atoms with Crippen LogP contribution >= 0.6 is 0 Å². The van der Waals surface area contributed by atoms with E-state index in [9.17, 15) is 4.79 Å². The molecule has 0 aliphatic rings. The van der Waals surface area contributed by atoms with Crippen LogP contribution in [0.2, 0.25) is 0 Å². The van der Waals surface area contributed by atoms with Crippen LogP contribution in [0.3, 0.4) is 0 Å². The number of rotatable bonds is 12. The number of hydrogen-bond acceptors (Lipinski definition) is 3. The molecule has 0 aliphatic carbocycles. The average molecular weight is 443 g/mol. The molecule has 1 N–H and O–H groups in total. The first-order valence-electron chi connectivity index (χ1n) is 11.7. The number of benzene rings is 2. The fourth-order valence-electron chi connectivity index (χ4n) is 3.93. The van der Waals surface area contributed by atoms with Gasteiger partial charge in [0, 0.05) is 31.3 Å². The third-order valence-electron chi connectivity index (χ3n) is 5.86. The summed E-state index contributed by atoms with van der Waals surface area (Å²) in [6.07, 6.45) is 7.10. The van der Waals surface area contributed by atoms with Gasteiger partial charge in [0.2, 0.25) is 5.91 Å². The Morgan fingerprint density at radius 1 is 0.848 bits per heavy atom. The lowest BCUT2D eigenvalue weighted by Gasteiger charge is -2.14. The third kappa shape index (κ3) is 7.90. The number of nitrogens with zero attached hydrogens (tertiary/aromatic N) is 1. The zero-order valence-electron chi connectivity index (χ0n) is 19.7. The van der Waals surface area contributed by atoms with Gasteiger partial charge < -0.3 is 10.1 Å². The number of aromatic nitrogens is 1. The second-order valence-electron chi connectivity index (χ2n) is 8.18. The summed E-state index contributed by atoms with van der Waals surface area (Å²) >= 11 is 0. The fraction of sp³-hybridized carbons (Fsp3) is 0.310. The normalized spacial score (nSPS) is 11.6. The molecule has 0 fully saturated rings. The Labute approximate surface area is 197 Å². The topological polar surface area (TPSA) is 51.2 Å². The summed E-state index contributed by atoms with van der Waals surface area (Å²) in [5, 5.41) is 3.01. The Bertz CT molecular complexity index is 1010. The monoisotopic (exact) mass is 442 g/mol. The van der Waals surface area contributed by atoms with Crippen molar-refractivity contribution in [3.8, 4) is 5.75 Å². The lowest BCUT2D eigenvalue weighted by molar-refractivity contribution is -0.121. The highest BCUT2D eigenvalue weighted by molar-refractivity contribution is 5.89. The molecule has 0 unspecified atom stereocenters. The molecule has 172 valence electrons. The summed E-state index contributed by atoms with van der Waals surface area (Å²) in [5.74, 6) is 0.991. The molecule has 1 aromatic heterocycles. The molecular weight excluding hydrogens is 408 g/mol. The number of allylic oxidation sites excluding steroid dienone is 2. The molecule has 0 atom stereocenters. The number of unbranched alkanes of at least 4 members (excludes halogenated alkanes) is 2. The first-order valence-corrected chi connectivity index (χ1v) is 11.7. The van der Waals surface area contributed by atoms with Crippen molar-refractivity contribution >= 4 is 17.1 Å². The molecule has 4 heteroatoms. The number of amides is 1. The van der Waals surface area contributed by atoms with E-state index in [4.69, 9.17) is 4.74 Å². The van der Waals surface area contributed by atoms with E-state index < -0.39 is 0 Å². The van der Waals surface area contributed by atoms with Crippen LogP contribution in [0.25, 0.3) is 11.1 Å². The van der Waals surface area contributed by atoms with Crippen molar-refractivity contribution in [3.63, 3.8) is 0 Å². The highest BCUT2D eigenvalue weighted by Gasteiger charge is 2.09. The quantitative estimate of drug-likeness (QED) is 0.263. The Hall–Kier alpha value is -3.40. The molecule has 0 radical (unpaired) electrons. The first kappa shape index (κ1) is 24.2.